The van der Waals surface area contributed by atoms with Crippen LogP contribution in [-0.2, 0) is 11.3 Å². The zero-order chi connectivity index (χ0) is 14.5. The lowest BCUT2D eigenvalue weighted by Gasteiger charge is -2.20. The molecule has 0 saturated heterocycles. The molecular formula is C14H18N2O3. The van der Waals surface area contributed by atoms with E-state index in [1.807, 2.05) is 0 Å². The minimum Gasteiger partial charge on any atom is -0.497 e. The standard InChI is InChI=1S/C14H18N2O3/c1-14(2,3)19-13(17)16-12-8-11(18-5)7-6-10(12)9-15-4/h6-8H,9H2,1-3,5H3,(H,16,17). The Labute approximate surface area is 113 Å². The number of amides is 1. The van der Waals surface area contributed by atoms with Crippen LogP contribution >= 0.6 is 0 Å². The smallest absolute Gasteiger partial charge is 0.412 e. The van der Waals surface area contributed by atoms with Crippen LogP contribution < -0.4 is 10.1 Å². The van der Waals surface area contributed by atoms with Crippen LogP contribution in [0, 0.1) is 6.57 Å². The second-order valence-electron chi connectivity index (χ2n) is 4.97. The molecule has 0 aliphatic heterocycles. The SMILES string of the molecule is [C-]#[N+]Cc1ccc(OC)cc1NC(=O)OC(C)(C)C. The van der Waals surface area contributed by atoms with Crippen LogP contribution in [0.3, 0.4) is 0 Å². The number of ether oxygens (including phenoxy) is 2. The molecule has 1 rings (SSSR count). The first kappa shape index (κ1) is 14.8. The Morgan fingerprint density at radius 3 is 2.63 bits per heavy atom. The van der Waals surface area contributed by atoms with Crippen LogP contribution in [0.15, 0.2) is 18.2 Å². The van der Waals surface area contributed by atoms with Crippen molar-refractivity contribution in [2.45, 2.75) is 32.9 Å². The average molecular weight is 262 g/mol. The quantitative estimate of drug-likeness (QED) is 0.849. The highest BCUT2D eigenvalue weighted by Gasteiger charge is 2.18. The molecule has 0 spiro atoms. The van der Waals surface area contributed by atoms with E-state index < -0.39 is 11.7 Å². The summed E-state index contributed by atoms with van der Waals surface area (Å²) < 4.78 is 10.3. The Morgan fingerprint density at radius 1 is 1.42 bits per heavy atom. The fraction of sp³-hybridized carbons (Fsp3) is 0.429. The average Bonchev–Trinajstić information content (AvgIpc) is 2.29. The Kier molecular flexibility index (Phi) is 4.76. The maximum absolute atomic E-state index is 11.7. The molecule has 0 heterocycles. The Bertz CT molecular complexity index is 498. The molecule has 19 heavy (non-hydrogen) atoms. The molecule has 0 fully saturated rings. The molecule has 0 aliphatic carbocycles. The molecule has 1 amide bonds. The molecule has 1 aromatic rings. The summed E-state index contributed by atoms with van der Waals surface area (Å²) in [7, 11) is 1.54. The van der Waals surface area contributed by atoms with Crippen molar-refractivity contribution in [3.8, 4) is 5.75 Å². The van der Waals surface area contributed by atoms with Crippen molar-refractivity contribution in [2.24, 2.45) is 0 Å². The Hall–Kier alpha value is -2.22. The van der Waals surface area contributed by atoms with Gasteiger partial charge in [0.15, 0.2) is 0 Å². The third-order valence-electron chi connectivity index (χ3n) is 2.20. The van der Waals surface area contributed by atoms with Gasteiger partial charge in [0.05, 0.1) is 18.4 Å². The van der Waals surface area contributed by atoms with Gasteiger partial charge in [-0.15, -0.1) is 0 Å². The highest BCUT2D eigenvalue weighted by molar-refractivity contribution is 5.86. The minimum atomic E-state index is -0.567. The number of hydrogen-bond donors (Lipinski definition) is 1. The summed E-state index contributed by atoms with van der Waals surface area (Å²) in [6.07, 6.45) is -0.549. The molecule has 102 valence electrons. The molecule has 0 bridgehead atoms. The van der Waals surface area contributed by atoms with Gasteiger partial charge in [-0.3, -0.25) is 5.32 Å². The van der Waals surface area contributed by atoms with Gasteiger partial charge in [0, 0.05) is 6.07 Å². The van der Waals surface area contributed by atoms with Gasteiger partial charge in [-0.25, -0.2) is 11.4 Å². The number of methoxy groups -OCH3 is 1. The first-order valence-corrected chi connectivity index (χ1v) is 5.86. The van der Waals surface area contributed by atoms with Crippen molar-refractivity contribution in [3.63, 3.8) is 0 Å². The van der Waals surface area contributed by atoms with Crippen LogP contribution in [0.5, 0.6) is 5.75 Å². The van der Waals surface area contributed by atoms with Crippen molar-refractivity contribution in [3.05, 3.63) is 35.2 Å². The molecule has 5 nitrogen and oxygen atoms in total. The van der Waals surface area contributed by atoms with E-state index in [2.05, 4.69) is 10.2 Å². The Balaban J connectivity index is 2.91. The predicted octanol–water partition coefficient (Wildman–Crippen LogP) is 3.46. The summed E-state index contributed by atoms with van der Waals surface area (Å²) in [5.74, 6) is 0.611. The lowest BCUT2D eigenvalue weighted by atomic mass is 10.1. The number of carbonyl (C=O) groups is 1. The third-order valence-corrected chi connectivity index (χ3v) is 2.20. The molecular weight excluding hydrogens is 244 g/mol. The largest absolute Gasteiger partial charge is 0.497 e. The number of nitrogens with one attached hydrogen (secondary N) is 1. The lowest BCUT2D eigenvalue weighted by molar-refractivity contribution is 0.0636. The Morgan fingerprint density at radius 2 is 2.11 bits per heavy atom. The van der Waals surface area contributed by atoms with Gasteiger partial charge in [0.1, 0.15) is 11.4 Å². The summed E-state index contributed by atoms with van der Waals surface area (Å²) in [5.41, 5.74) is 0.689. The van der Waals surface area contributed by atoms with Crippen molar-refractivity contribution >= 4 is 11.8 Å². The zero-order valence-corrected chi connectivity index (χ0v) is 11.6. The van der Waals surface area contributed by atoms with E-state index in [0.29, 0.717) is 11.4 Å². The van der Waals surface area contributed by atoms with E-state index in [-0.39, 0.29) is 6.54 Å². The number of anilines is 1. The van der Waals surface area contributed by atoms with Gasteiger partial charge in [0.2, 0.25) is 6.54 Å². The first-order chi connectivity index (χ1) is 8.85. The molecule has 0 atom stereocenters. The molecule has 1 N–H and O–H groups in total. The van der Waals surface area contributed by atoms with Gasteiger partial charge < -0.3 is 14.3 Å². The third kappa shape index (κ3) is 4.88. The zero-order valence-electron chi connectivity index (χ0n) is 11.6. The van der Waals surface area contributed by atoms with Crippen LogP contribution in [0.4, 0.5) is 10.5 Å². The topological polar surface area (TPSA) is 51.9 Å². The van der Waals surface area contributed by atoms with Crippen molar-refractivity contribution < 1.29 is 14.3 Å². The van der Waals surface area contributed by atoms with Gasteiger partial charge in [-0.05, 0) is 32.9 Å². The fourth-order valence-corrected chi connectivity index (χ4v) is 1.44. The number of hydrogen-bond acceptors (Lipinski definition) is 3. The highest BCUT2D eigenvalue weighted by atomic mass is 16.6. The van der Waals surface area contributed by atoms with E-state index in [1.54, 1.807) is 46.1 Å². The van der Waals surface area contributed by atoms with Crippen LogP contribution in [-0.4, -0.2) is 18.8 Å². The monoisotopic (exact) mass is 262 g/mol. The first-order valence-electron chi connectivity index (χ1n) is 5.86. The summed E-state index contributed by atoms with van der Waals surface area (Å²) in [5, 5.41) is 2.64. The highest BCUT2D eigenvalue weighted by Crippen LogP contribution is 2.24. The summed E-state index contributed by atoms with van der Waals surface area (Å²) in [6, 6.07) is 5.18. The van der Waals surface area contributed by atoms with Crippen LogP contribution in [0.2, 0.25) is 0 Å². The number of rotatable bonds is 3. The van der Waals surface area contributed by atoms with Gasteiger partial charge in [-0.2, -0.15) is 0 Å². The van der Waals surface area contributed by atoms with E-state index in [1.165, 1.54) is 0 Å². The predicted molar refractivity (Wildman–Crippen MR) is 73.2 cm³/mol. The molecule has 0 saturated carbocycles. The molecule has 1 aromatic carbocycles. The van der Waals surface area contributed by atoms with Gasteiger partial charge in [0.25, 0.3) is 0 Å². The van der Waals surface area contributed by atoms with Crippen molar-refractivity contribution in [2.75, 3.05) is 12.4 Å². The molecule has 0 unspecified atom stereocenters. The normalized spacial score (nSPS) is 10.5. The van der Waals surface area contributed by atoms with E-state index in [4.69, 9.17) is 16.0 Å². The van der Waals surface area contributed by atoms with E-state index >= 15 is 0 Å². The fourth-order valence-electron chi connectivity index (χ4n) is 1.44. The number of benzene rings is 1. The molecule has 5 heteroatoms. The second kappa shape index (κ2) is 6.10. The van der Waals surface area contributed by atoms with E-state index in [9.17, 15) is 4.79 Å². The summed E-state index contributed by atoms with van der Waals surface area (Å²) >= 11 is 0. The van der Waals surface area contributed by atoms with E-state index in [0.717, 1.165) is 5.56 Å². The molecule has 0 aliphatic rings. The lowest BCUT2D eigenvalue weighted by Crippen LogP contribution is -2.27. The minimum absolute atomic E-state index is 0.190. The maximum atomic E-state index is 11.7. The van der Waals surface area contributed by atoms with Gasteiger partial charge >= 0.3 is 6.09 Å². The maximum Gasteiger partial charge on any atom is 0.412 e. The second-order valence-corrected chi connectivity index (χ2v) is 4.97. The molecule has 0 radical (unpaired) electrons. The van der Waals surface area contributed by atoms with Crippen molar-refractivity contribution in [1.82, 2.24) is 0 Å². The number of carbonyl (C=O) groups excluding carboxylic acids is 1. The van der Waals surface area contributed by atoms with Gasteiger partial charge in [-0.1, -0.05) is 0 Å². The summed E-state index contributed by atoms with van der Waals surface area (Å²) in [4.78, 5) is 15.1. The van der Waals surface area contributed by atoms with Crippen LogP contribution in [0.25, 0.3) is 4.85 Å². The summed E-state index contributed by atoms with van der Waals surface area (Å²) in [6.45, 7) is 12.5. The molecule has 0 aromatic heterocycles. The van der Waals surface area contributed by atoms with Crippen LogP contribution in [0.1, 0.15) is 26.3 Å². The van der Waals surface area contributed by atoms with Crippen molar-refractivity contribution in [1.29, 1.82) is 0 Å². The number of nitrogens with zero attached hydrogens (tertiary/aromatic N) is 1.